The minimum atomic E-state index is -0.769. The van der Waals surface area contributed by atoms with Gasteiger partial charge in [0.2, 0.25) is 5.91 Å². The van der Waals surface area contributed by atoms with Gasteiger partial charge in [-0.25, -0.2) is 4.79 Å². The van der Waals surface area contributed by atoms with E-state index >= 15 is 0 Å². The number of piperidine rings is 1. The van der Waals surface area contributed by atoms with Gasteiger partial charge in [0.1, 0.15) is 6.61 Å². The SMILES string of the molecule is CC(CCNC(=O)OCC1c2ccccc2-c2ccccc21)CCC(=O)N1CCC(C(=O)O)CC1. The molecule has 7 heteroatoms. The largest absolute Gasteiger partial charge is 0.481 e. The highest BCUT2D eigenvalue weighted by Gasteiger charge is 2.29. The molecular weight excluding hydrogens is 444 g/mol. The monoisotopic (exact) mass is 478 g/mol. The molecule has 0 bridgehead atoms. The Morgan fingerprint density at radius 2 is 1.60 bits per heavy atom. The number of hydrogen-bond donors (Lipinski definition) is 2. The molecule has 1 heterocycles. The number of alkyl carbamates (subject to hydrolysis) is 1. The van der Waals surface area contributed by atoms with Crippen molar-refractivity contribution in [3.05, 3.63) is 59.7 Å². The summed E-state index contributed by atoms with van der Waals surface area (Å²) in [6, 6.07) is 16.5. The minimum absolute atomic E-state index is 0.0404. The van der Waals surface area contributed by atoms with Crippen molar-refractivity contribution in [2.75, 3.05) is 26.2 Å². The zero-order valence-corrected chi connectivity index (χ0v) is 20.2. The number of carbonyl (C=O) groups is 3. The van der Waals surface area contributed by atoms with Crippen LogP contribution >= 0.6 is 0 Å². The van der Waals surface area contributed by atoms with Gasteiger partial charge in [0.05, 0.1) is 5.92 Å². The first kappa shape index (κ1) is 24.8. The van der Waals surface area contributed by atoms with Crippen molar-refractivity contribution in [3.63, 3.8) is 0 Å². The topological polar surface area (TPSA) is 95.9 Å². The van der Waals surface area contributed by atoms with Gasteiger partial charge >= 0.3 is 12.1 Å². The lowest BCUT2D eigenvalue weighted by molar-refractivity contribution is -0.145. The summed E-state index contributed by atoms with van der Waals surface area (Å²) in [5.41, 5.74) is 4.78. The van der Waals surface area contributed by atoms with E-state index in [-0.39, 0.29) is 23.7 Å². The van der Waals surface area contributed by atoms with Gasteiger partial charge in [0, 0.05) is 32.0 Å². The van der Waals surface area contributed by atoms with Crippen LogP contribution in [0.25, 0.3) is 11.1 Å². The molecule has 7 nitrogen and oxygen atoms in total. The summed E-state index contributed by atoms with van der Waals surface area (Å²) in [5.74, 6) is -0.690. The number of carboxylic acid groups (broad SMARTS) is 1. The van der Waals surface area contributed by atoms with Crippen molar-refractivity contribution in [3.8, 4) is 11.1 Å². The van der Waals surface area contributed by atoms with E-state index in [0.717, 1.165) is 12.8 Å². The van der Waals surface area contributed by atoms with E-state index in [1.807, 2.05) is 24.3 Å². The van der Waals surface area contributed by atoms with Gasteiger partial charge in [0.15, 0.2) is 0 Å². The lowest BCUT2D eigenvalue weighted by Gasteiger charge is -2.30. The lowest BCUT2D eigenvalue weighted by atomic mass is 9.96. The van der Waals surface area contributed by atoms with Crippen LogP contribution in [0.3, 0.4) is 0 Å². The average molecular weight is 479 g/mol. The van der Waals surface area contributed by atoms with Crippen molar-refractivity contribution >= 4 is 18.0 Å². The Hall–Kier alpha value is -3.35. The summed E-state index contributed by atoms with van der Waals surface area (Å²) in [4.78, 5) is 37.6. The maximum absolute atomic E-state index is 12.4. The zero-order chi connectivity index (χ0) is 24.8. The Bertz CT molecular complexity index is 1020. The van der Waals surface area contributed by atoms with Gasteiger partial charge in [-0.2, -0.15) is 0 Å². The van der Waals surface area contributed by atoms with Crippen LogP contribution in [0.15, 0.2) is 48.5 Å². The fourth-order valence-electron chi connectivity index (χ4n) is 5.12. The molecular formula is C28H34N2O5. The van der Waals surface area contributed by atoms with E-state index in [0.29, 0.717) is 45.5 Å². The number of carboxylic acids is 1. The number of aliphatic carboxylic acids is 1. The fraction of sp³-hybridized carbons (Fsp3) is 0.464. The molecule has 1 unspecified atom stereocenters. The Labute approximate surface area is 206 Å². The Morgan fingerprint density at radius 1 is 1.00 bits per heavy atom. The third-order valence-electron chi connectivity index (χ3n) is 7.30. The molecule has 2 aliphatic rings. The molecule has 1 aliphatic heterocycles. The van der Waals surface area contributed by atoms with Crippen molar-refractivity contribution in [1.29, 1.82) is 0 Å². The second-order valence-corrected chi connectivity index (χ2v) is 9.68. The number of fused-ring (bicyclic) bond motifs is 3. The predicted molar refractivity (Wildman–Crippen MR) is 133 cm³/mol. The second kappa shape index (κ2) is 11.4. The third-order valence-corrected chi connectivity index (χ3v) is 7.30. The van der Waals surface area contributed by atoms with Crippen molar-refractivity contribution < 1.29 is 24.2 Å². The van der Waals surface area contributed by atoms with Gasteiger partial charge in [-0.1, -0.05) is 55.5 Å². The molecule has 0 spiro atoms. The molecule has 2 aromatic carbocycles. The average Bonchev–Trinajstić information content (AvgIpc) is 3.19. The van der Waals surface area contributed by atoms with Crippen LogP contribution in [0.5, 0.6) is 0 Å². The number of benzene rings is 2. The van der Waals surface area contributed by atoms with E-state index in [2.05, 4.69) is 36.5 Å². The van der Waals surface area contributed by atoms with E-state index in [1.54, 1.807) is 4.90 Å². The van der Waals surface area contributed by atoms with E-state index in [1.165, 1.54) is 22.3 Å². The number of likely N-dealkylation sites (tertiary alicyclic amines) is 1. The van der Waals surface area contributed by atoms with Gasteiger partial charge in [-0.3, -0.25) is 9.59 Å². The predicted octanol–water partition coefficient (Wildman–Crippen LogP) is 4.65. The molecule has 0 aromatic heterocycles. The molecule has 1 aliphatic carbocycles. The molecule has 2 N–H and O–H groups in total. The van der Waals surface area contributed by atoms with Crippen molar-refractivity contribution in [2.45, 2.75) is 44.9 Å². The smallest absolute Gasteiger partial charge is 0.407 e. The number of rotatable bonds is 9. The van der Waals surface area contributed by atoms with Crippen LogP contribution in [-0.4, -0.2) is 54.2 Å². The van der Waals surface area contributed by atoms with Gasteiger partial charge < -0.3 is 20.1 Å². The van der Waals surface area contributed by atoms with Crippen LogP contribution in [0, 0.1) is 11.8 Å². The maximum Gasteiger partial charge on any atom is 0.407 e. The highest BCUT2D eigenvalue weighted by molar-refractivity contribution is 5.79. The summed E-state index contributed by atoms with van der Waals surface area (Å²) in [6.07, 6.45) is 2.59. The molecule has 1 fully saturated rings. The third kappa shape index (κ3) is 6.02. The van der Waals surface area contributed by atoms with E-state index in [9.17, 15) is 14.4 Å². The number of nitrogens with zero attached hydrogens (tertiary/aromatic N) is 1. The lowest BCUT2D eigenvalue weighted by Crippen LogP contribution is -2.40. The van der Waals surface area contributed by atoms with Gasteiger partial charge in [-0.05, 0) is 53.9 Å². The summed E-state index contributed by atoms with van der Waals surface area (Å²) in [6.45, 7) is 3.91. The van der Waals surface area contributed by atoms with Gasteiger partial charge in [0.25, 0.3) is 0 Å². The molecule has 1 atom stereocenters. The summed E-state index contributed by atoms with van der Waals surface area (Å²) in [5, 5.41) is 11.9. The summed E-state index contributed by atoms with van der Waals surface area (Å²) in [7, 11) is 0. The molecule has 0 saturated carbocycles. The molecule has 4 rings (SSSR count). The van der Waals surface area contributed by atoms with Crippen molar-refractivity contribution in [2.24, 2.45) is 11.8 Å². The first-order chi connectivity index (χ1) is 16.9. The van der Waals surface area contributed by atoms with Gasteiger partial charge in [-0.15, -0.1) is 0 Å². The van der Waals surface area contributed by atoms with Crippen LogP contribution in [0.4, 0.5) is 4.79 Å². The maximum atomic E-state index is 12.4. The van der Waals surface area contributed by atoms with Crippen LogP contribution in [-0.2, 0) is 14.3 Å². The van der Waals surface area contributed by atoms with Crippen LogP contribution < -0.4 is 5.32 Å². The Morgan fingerprint density at radius 3 is 2.20 bits per heavy atom. The Balaban J connectivity index is 1.15. The Kier molecular flexibility index (Phi) is 8.06. The van der Waals surface area contributed by atoms with E-state index in [4.69, 9.17) is 9.84 Å². The van der Waals surface area contributed by atoms with Crippen LogP contribution in [0.2, 0.25) is 0 Å². The quantitative estimate of drug-likeness (QED) is 0.547. The second-order valence-electron chi connectivity index (χ2n) is 9.68. The number of carbonyl (C=O) groups excluding carboxylic acids is 2. The number of amides is 2. The molecule has 186 valence electrons. The first-order valence-corrected chi connectivity index (χ1v) is 12.5. The molecule has 2 amide bonds. The molecule has 1 saturated heterocycles. The van der Waals surface area contributed by atoms with E-state index < -0.39 is 12.1 Å². The number of nitrogens with one attached hydrogen (secondary N) is 1. The standard InChI is InChI=1S/C28H34N2O5/c1-19(10-11-26(31)30-16-13-20(14-17-30)27(32)33)12-15-29-28(34)35-18-25-23-8-4-2-6-21(23)22-7-3-5-9-24(22)25/h2-9,19-20,25H,10-18H2,1H3,(H,29,34)(H,32,33). The number of ether oxygens (including phenoxy) is 1. The summed E-state index contributed by atoms with van der Waals surface area (Å²) < 4.78 is 5.57. The zero-order valence-electron chi connectivity index (χ0n) is 20.2. The normalized spacial score (nSPS) is 16.3. The summed E-state index contributed by atoms with van der Waals surface area (Å²) >= 11 is 0. The molecule has 0 radical (unpaired) electrons. The highest BCUT2D eigenvalue weighted by Crippen LogP contribution is 2.44. The molecule has 35 heavy (non-hydrogen) atoms. The minimum Gasteiger partial charge on any atom is -0.481 e. The molecule has 2 aromatic rings. The van der Waals surface area contributed by atoms with Crippen LogP contribution in [0.1, 0.15) is 56.1 Å². The first-order valence-electron chi connectivity index (χ1n) is 12.5. The fourth-order valence-corrected chi connectivity index (χ4v) is 5.12. The highest BCUT2D eigenvalue weighted by atomic mass is 16.5. The van der Waals surface area contributed by atoms with Crippen molar-refractivity contribution in [1.82, 2.24) is 10.2 Å². The number of hydrogen-bond acceptors (Lipinski definition) is 4.